The van der Waals surface area contributed by atoms with E-state index in [1.165, 1.54) is 7.11 Å². The fraction of sp³-hybridized carbons (Fsp3) is 0.476. The van der Waals surface area contributed by atoms with Crippen molar-refractivity contribution in [3.8, 4) is 11.4 Å². The van der Waals surface area contributed by atoms with Gasteiger partial charge in [-0.2, -0.15) is 0 Å². The van der Waals surface area contributed by atoms with Crippen LogP contribution in [0, 0.1) is 0 Å². The number of nitrogens with two attached hydrogens (primary N) is 1. The Morgan fingerprint density at radius 2 is 2.21 bits per heavy atom. The smallest absolute Gasteiger partial charge is 0.341 e. The fourth-order valence-electron chi connectivity index (χ4n) is 3.35. The number of carbonyl (C=O) groups is 1. The zero-order valence-electron chi connectivity index (χ0n) is 16.5. The van der Waals surface area contributed by atoms with Gasteiger partial charge >= 0.3 is 5.97 Å². The summed E-state index contributed by atoms with van der Waals surface area (Å²) in [6.07, 6.45) is 8.33. The Morgan fingerprint density at radius 1 is 1.36 bits per heavy atom. The van der Waals surface area contributed by atoms with Crippen LogP contribution >= 0.6 is 0 Å². The Morgan fingerprint density at radius 3 is 2.93 bits per heavy atom. The second-order valence-electron chi connectivity index (χ2n) is 6.77. The first-order valence-corrected chi connectivity index (χ1v) is 9.63. The Kier molecular flexibility index (Phi) is 6.95. The highest BCUT2D eigenvalue weighted by Gasteiger charge is 2.18. The van der Waals surface area contributed by atoms with Gasteiger partial charge in [0.1, 0.15) is 11.3 Å². The van der Waals surface area contributed by atoms with Gasteiger partial charge in [0, 0.05) is 37.9 Å². The van der Waals surface area contributed by atoms with Gasteiger partial charge in [0.15, 0.2) is 6.79 Å². The number of ether oxygens (including phenoxy) is 4. The molecular formula is C21H28N2O5. The number of aromatic nitrogens is 1. The van der Waals surface area contributed by atoms with E-state index in [1.807, 2.05) is 23.0 Å². The molecule has 3 rings (SSSR count). The quantitative estimate of drug-likeness (QED) is 0.524. The molecule has 1 fully saturated rings. The average molecular weight is 388 g/mol. The third kappa shape index (κ3) is 4.85. The van der Waals surface area contributed by atoms with Crippen LogP contribution < -0.4 is 10.5 Å². The van der Waals surface area contributed by atoms with Crippen molar-refractivity contribution < 1.29 is 23.7 Å². The van der Waals surface area contributed by atoms with E-state index < -0.39 is 5.97 Å². The Bertz CT molecular complexity index is 796. The molecular weight excluding hydrogens is 360 g/mol. The van der Waals surface area contributed by atoms with Crippen molar-refractivity contribution in [1.82, 2.24) is 4.57 Å². The summed E-state index contributed by atoms with van der Waals surface area (Å²) in [6, 6.07) is 5.32. The van der Waals surface area contributed by atoms with Gasteiger partial charge in [0.25, 0.3) is 0 Å². The lowest BCUT2D eigenvalue weighted by molar-refractivity contribution is 0.0438. The molecule has 152 valence electrons. The van der Waals surface area contributed by atoms with E-state index in [4.69, 9.17) is 24.7 Å². The standard InChI is InChI=1S/C21H28N2O5/c1-3-26-21(24)18-9-7-16(11-20(18)28-14-25-2)23-12-15(19(22)13-23)6-8-17-5-4-10-27-17/h7,9,11-13,17H,3-6,8,10,14,22H2,1-2H3. The van der Waals surface area contributed by atoms with E-state index in [2.05, 4.69) is 0 Å². The average Bonchev–Trinajstić information content (AvgIpc) is 3.34. The van der Waals surface area contributed by atoms with E-state index >= 15 is 0 Å². The van der Waals surface area contributed by atoms with Gasteiger partial charge < -0.3 is 29.2 Å². The van der Waals surface area contributed by atoms with Crippen LogP contribution in [0.5, 0.6) is 5.75 Å². The van der Waals surface area contributed by atoms with Gasteiger partial charge in [-0.05, 0) is 50.3 Å². The molecule has 7 heteroatoms. The van der Waals surface area contributed by atoms with Crippen LogP contribution in [0.15, 0.2) is 30.6 Å². The maximum absolute atomic E-state index is 12.2. The lowest BCUT2D eigenvalue weighted by atomic mass is 10.1. The number of methoxy groups -OCH3 is 1. The van der Waals surface area contributed by atoms with Crippen LogP contribution in [0.1, 0.15) is 42.1 Å². The molecule has 2 heterocycles. The summed E-state index contributed by atoms with van der Waals surface area (Å²) in [5.74, 6) is -0.0181. The van der Waals surface area contributed by atoms with Crippen LogP contribution in [-0.2, 0) is 20.6 Å². The summed E-state index contributed by atoms with van der Waals surface area (Å²) in [5.41, 5.74) is 9.25. The van der Waals surface area contributed by atoms with Gasteiger partial charge in [-0.3, -0.25) is 0 Å². The first-order valence-electron chi connectivity index (χ1n) is 9.63. The van der Waals surface area contributed by atoms with Gasteiger partial charge in [-0.1, -0.05) is 0 Å². The maximum Gasteiger partial charge on any atom is 0.341 e. The lowest BCUT2D eigenvalue weighted by Gasteiger charge is -2.12. The molecule has 0 saturated carbocycles. The minimum absolute atomic E-state index is 0.0380. The zero-order valence-corrected chi connectivity index (χ0v) is 16.5. The number of hydrogen-bond acceptors (Lipinski definition) is 6. The molecule has 1 saturated heterocycles. The van der Waals surface area contributed by atoms with E-state index in [1.54, 1.807) is 19.1 Å². The Hall–Kier alpha value is -2.51. The van der Waals surface area contributed by atoms with Gasteiger partial charge in [-0.25, -0.2) is 4.79 Å². The molecule has 1 aromatic heterocycles. The van der Waals surface area contributed by atoms with Crippen LogP contribution in [0.25, 0.3) is 5.69 Å². The summed E-state index contributed by atoms with van der Waals surface area (Å²) >= 11 is 0. The van der Waals surface area contributed by atoms with Gasteiger partial charge in [0.2, 0.25) is 0 Å². The number of rotatable bonds is 9. The first kappa shape index (κ1) is 20.2. The number of esters is 1. The SMILES string of the molecule is CCOC(=O)c1ccc(-n2cc(N)c(CCC3CCCO3)c2)cc1OCOC. The molecule has 0 amide bonds. The number of carbonyl (C=O) groups excluding carboxylic acids is 1. The van der Waals surface area contributed by atoms with Crippen LogP contribution in [0.3, 0.4) is 0 Å². The predicted octanol–water partition coefficient (Wildman–Crippen LogP) is 3.33. The highest BCUT2D eigenvalue weighted by molar-refractivity contribution is 5.92. The highest BCUT2D eigenvalue weighted by atomic mass is 16.7. The number of nitrogen functional groups attached to an aromatic ring is 1. The summed E-state index contributed by atoms with van der Waals surface area (Å²) in [5, 5.41) is 0. The molecule has 1 aliphatic rings. The van der Waals surface area contributed by atoms with Crippen molar-refractivity contribution in [3.05, 3.63) is 41.7 Å². The summed E-state index contributed by atoms with van der Waals surface area (Å²) in [6.45, 7) is 2.96. The molecule has 7 nitrogen and oxygen atoms in total. The summed E-state index contributed by atoms with van der Waals surface area (Å²) in [4.78, 5) is 12.2. The third-order valence-electron chi connectivity index (χ3n) is 4.79. The molecule has 1 atom stereocenters. The summed E-state index contributed by atoms with van der Waals surface area (Å²) in [7, 11) is 1.53. The number of aryl methyl sites for hydroxylation is 1. The molecule has 2 N–H and O–H groups in total. The third-order valence-corrected chi connectivity index (χ3v) is 4.79. The number of nitrogens with zero attached hydrogens (tertiary/aromatic N) is 1. The summed E-state index contributed by atoms with van der Waals surface area (Å²) < 4.78 is 23.3. The van der Waals surface area contributed by atoms with Crippen molar-refractivity contribution in [3.63, 3.8) is 0 Å². The van der Waals surface area contributed by atoms with Crippen molar-refractivity contribution in [2.45, 2.75) is 38.7 Å². The lowest BCUT2D eigenvalue weighted by Crippen LogP contribution is -2.10. The van der Waals surface area contributed by atoms with Crippen molar-refractivity contribution in [2.75, 3.05) is 32.9 Å². The van der Waals surface area contributed by atoms with Crippen molar-refractivity contribution in [2.24, 2.45) is 0 Å². The highest BCUT2D eigenvalue weighted by Crippen LogP contribution is 2.27. The number of anilines is 1. The minimum atomic E-state index is -0.426. The van der Waals surface area contributed by atoms with E-state index in [-0.39, 0.29) is 6.79 Å². The minimum Gasteiger partial charge on any atom is -0.467 e. The van der Waals surface area contributed by atoms with E-state index in [0.29, 0.717) is 24.0 Å². The molecule has 1 aliphatic heterocycles. The second kappa shape index (κ2) is 9.61. The zero-order chi connectivity index (χ0) is 19.9. The largest absolute Gasteiger partial charge is 0.467 e. The van der Waals surface area contributed by atoms with Crippen molar-refractivity contribution in [1.29, 1.82) is 0 Å². The topological polar surface area (TPSA) is 84.9 Å². The molecule has 0 radical (unpaired) electrons. The number of benzene rings is 1. The van der Waals surface area contributed by atoms with Crippen LogP contribution in [-0.4, -0.2) is 43.8 Å². The Labute approximate surface area is 165 Å². The van der Waals surface area contributed by atoms with Gasteiger partial charge in [-0.15, -0.1) is 0 Å². The normalized spacial score (nSPS) is 16.3. The number of hydrogen-bond donors (Lipinski definition) is 1. The second-order valence-corrected chi connectivity index (χ2v) is 6.77. The monoisotopic (exact) mass is 388 g/mol. The van der Waals surface area contributed by atoms with Crippen molar-refractivity contribution >= 4 is 11.7 Å². The first-order chi connectivity index (χ1) is 13.6. The Balaban J connectivity index is 1.80. The molecule has 28 heavy (non-hydrogen) atoms. The fourth-order valence-corrected chi connectivity index (χ4v) is 3.35. The predicted molar refractivity (Wildman–Crippen MR) is 106 cm³/mol. The molecule has 2 aromatic rings. The molecule has 0 bridgehead atoms. The molecule has 1 aromatic carbocycles. The molecule has 0 aliphatic carbocycles. The van der Waals surface area contributed by atoms with Crippen LogP contribution in [0.2, 0.25) is 0 Å². The van der Waals surface area contributed by atoms with E-state index in [9.17, 15) is 4.79 Å². The van der Waals surface area contributed by atoms with Gasteiger partial charge in [0.05, 0.1) is 18.4 Å². The molecule has 0 spiro atoms. The van der Waals surface area contributed by atoms with Crippen LogP contribution in [0.4, 0.5) is 5.69 Å². The molecule has 1 unspecified atom stereocenters. The van der Waals surface area contributed by atoms with E-state index in [0.717, 1.165) is 49.2 Å². The maximum atomic E-state index is 12.2.